The molecule has 5 heterocycles. The standard InChI is InChI=1S/C45H60N4O14/c1-21-36-24(10-13-30(52)53)41(3,4)28(47-36)18-27-23(9-12-29(50)51)43(6,19-34(60)61)39(46-27)22(2)37-25(11-14-31(54)55)44(7,20-35(62)63)45(8,49-37)40-26(17-33(58)59)42(5,38(21)48-40)16-15-32(56)57/h18,22-26,40H,9-17,19-20H2,1-8H3,(H,50,51)(H,52,53)(H,54,55)(H,56,57)(H,58,59)(H,60,61)(H,62,63)/t22?,23-,24-,25-,26+,40-,42-,43+,44+,45+/m1/s1. The molecule has 0 radical (unpaired) electrons. The smallest absolute Gasteiger partial charge is 0.304 e. The first-order valence-corrected chi connectivity index (χ1v) is 21.4. The van der Waals surface area contributed by atoms with Crippen LogP contribution in [0.3, 0.4) is 0 Å². The van der Waals surface area contributed by atoms with Gasteiger partial charge in [0.1, 0.15) is 0 Å². The van der Waals surface area contributed by atoms with Gasteiger partial charge in [-0.25, -0.2) is 0 Å². The van der Waals surface area contributed by atoms with E-state index in [-0.39, 0.29) is 38.5 Å². The van der Waals surface area contributed by atoms with Gasteiger partial charge in [0, 0.05) is 111 Å². The molecule has 0 aromatic rings. The lowest BCUT2D eigenvalue weighted by atomic mass is 9.55. The van der Waals surface area contributed by atoms with E-state index in [0.717, 1.165) is 0 Å². The summed E-state index contributed by atoms with van der Waals surface area (Å²) in [6.45, 7) is 14.0. The molecular weight excluding hydrogens is 821 g/mol. The van der Waals surface area contributed by atoms with Crippen LogP contribution in [0.15, 0.2) is 43.0 Å². The van der Waals surface area contributed by atoms with Crippen LogP contribution in [-0.2, 0) is 33.6 Å². The highest BCUT2D eigenvalue weighted by molar-refractivity contribution is 6.15. The molecule has 1 unspecified atom stereocenters. The van der Waals surface area contributed by atoms with Crippen molar-refractivity contribution in [3.63, 3.8) is 0 Å². The Kier molecular flexibility index (Phi) is 13.2. The summed E-state index contributed by atoms with van der Waals surface area (Å²) < 4.78 is 0. The van der Waals surface area contributed by atoms with Crippen LogP contribution in [-0.4, -0.2) is 112 Å². The van der Waals surface area contributed by atoms with Crippen LogP contribution in [0.5, 0.6) is 0 Å². The van der Waals surface area contributed by atoms with Crippen LogP contribution in [0, 0.1) is 51.2 Å². The molecule has 0 aromatic carbocycles. The zero-order valence-corrected chi connectivity index (χ0v) is 37.1. The topological polar surface area (TPSA) is 311 Å². The van der Waals surface area contributed by atoms with E-state index < -0.39 is 137 Å². The largest absolute Gasteiger partial charge is 0.481 e. The molecule has 63 heavy (non-hydrogen) atoms. The van der Waals surface area contributed by atoms with E-state index in [4.69, 9.17) is 20.0 Å². The summed E-state index contributed by atoms with van der Waals surface area (Å²) in [5.74, 6) is -12.5. The minimum atomic E-state index is -1.62. The van der Waals surface area contributed by atoms with E-state index in [1.54, 1.807) is 47.6 Å². The van der Waals surface area contributed by atoms with Crippen LogP contribution in [0.2, 0.25) is 0 Å². The molecule has 0 aromatic heterocycles. The number of aliphatic carboxylic acids is 7. The number of hydrogen-bond donors (Lipinski definition) is 7. The Morgan fingerprint density at radius 2 is 1.16 bits per heavy atom. The van der Waals surface area contributed by atoms with Gasteiger partial charge in [0.05, 0.1) is 30.8 Å². The van der Waals surface area contributed by atoms with Gasteiger partial charge in [-0.15, -0.1) is 0 Å². The molecule has 0 saturated heterocycles. The van der Waals surface area contributed by atoms with Crippen LogP contribution in [0.25, 0.3) is 0 Å². The van der Waals surface area contributed by atoms with Crippen molar-refractivity contribution in [2.45, 2.75) is 138 Å². The van der Waals surface area contributed by atoms with Crippen LogP contribution < -0.4 is 0 Å². The van der Waals surface area contributed by atoms with Crippen molar-refractivity contribution in [2.24, 2.45) is 71.2 Å². The molecule has 8 bridgehead atoms. The second-order valence-electron chi connectivity index (χ2n) is 19.6. The van der Waals surface area contributed by atoms with Crippen molar-refractivity contribution < 1.29 is 69.3 Å². The lowest BCUT2D eigenvalue weighted by Gasteiger charge is -2.48. The van der Waals surface area contributed by atoms with Crippen molar-refractivity contribution in [3.05, 3.63) is 23.0 Å². The summed E-state index contributed by atoms with van der Waals surface area (Å²) >= 11 is 0. The summed E-state index contributed by atoms with van der Waals surface area (Å²) in [5.41, 5.74) is -4.13. The Bertz CT molecular complexity index is 2200. The van der Waals surface area contributed by atoms with E-state index in [0.29, 0.717) is 39.8 Å². The quantitative estimate of drug-likeness (QED) is 0.0814. The number of allylic oxidation sites excluding steroid dienone is 4. The molecule has 0 saturated carbocycles. The third kappa shape index (κ3) is 8.61. The summed E-state index contributed by atoms with van der Waals surface area (Å²) in [6.07, 6.45) is -1.53. The maximum absolute atomic E-state index is 13.1. The summed E-state index contributed by atoms with van der Waals surface area (Å²) in [5, 5.41) is 71.6. The average Bonchev–Trinajstić information content (AvgIpc) is 3.75. The fraction of sp³-hybridized carbons (Fsp3) is 0.667. The molecule has 10 atom stereocenters. The number of carbonyl (C=O) groups is 7. The molecule has 5 rings (SSSR count). The Balaban J connectivity index is 2.00. The Labute approximate surface area is 365 Å². The highest BCUT2D eigenvalue weighted by Gasteiger charge is 2.67. The molecular formula is C45H60N4O14. The normalized spacial score (nSPS) is 34.2. The van der Waals surface area contributed by atoms with Gasteiger partial charge in [-0.3, -0.25) is 53.5 Å². The van der Waals surface area contributed by atoms with Gasteiger partial charge in [0.25, 0.3) is 0 Å². The number of carboxylic acid groups (broad SMARTS) is 7. The van der Waals surface area contributed by atoms with Gasteiger partial charge in [0.2, 0.25) is 0 Å². The Morgan fingerprint density at radius 3 is 1.67 bits per heavy atom. The van der Waals surface area contributed by atoms with E-state index in [1.165, 1.54) is 0 Å². The molecule has 0 spiro atoms. The first-order chi connectivity index (χ1) is 29.0. The fourth-order valence-electron chi connectivity index (χ4n) is 11.9. The van der Waals surface area contributed by atoms with Crippen molar-refractivity contribution in [1.29, 1.82) is 0 Å². The molecule has 18 heteroatoms. The zero-order valence-electron chi connectivity index (χ0n) is 37.1. The predicted octanol–water partition coefficient (Wildman–Crippen LogP) is 6.13. The monoisotopic (exact) mass is 880 g/mol. The van der Waals surface area contributed by atoms with Crippen LogP contribution in [0.4, 0.5) is 0 Å². The molecule has 5 aliphatic heterocycles. The van der Waals surface area contributed by atoms with Crippen molar-refractivity contribution >= 4 is 64.6 Å². The molecule has 0 fully saturated rings. The van der Waals surface area contributed by atoms with Crippen molar-refractivity contribution in [1.82, 2.24) is 0 Å². The maximum Gasteiger partial charge on any atom is 0.304 e. The summed E-state index contributed by atoms with van der Waals surface area (Å²) in [4.78, 5) is 109. The van der Waals surface area contributed by atoms with E-state index in [1.807, 2.05) is 13.8 Å². The molecule has 7 N–H and O–H groups in total. The third-order valence-corrected chi connectivity index (χ3v) is 15.4. The van der Waals surface area contributed by atoms with Gasteiger partial charge in [0.15, 0.2) is 0 Å². The minimum Gasteiger partial charge on any atom is -0.481 e. The SMILES string of the molecule is CC1=C2N=C(C=C3N=C(C(C)C4=N[C@@](C)([C@@H]5N=C1[C@](C)(CCC(=O)O)[C@H]5CC(=O)O)[C@@](C)(CC(=O)O)[C@@H]4CCC(=O)O)[C@@](C)(CC(=O)O)[C@@H]3CCC(=O)O)C(C)(C)[C@@H]2CCC(=O)O. The Morgan fingerprint density at radius 1 is 0.635 bits per heavy atom. The summed E-state index contributed by atoms with van der Waals surface area (Å²) in [6, 6.07) is -1.15. The molecule has 18 nitrogen and oxygen atoms in total. The van der Waals surface area contributed by atoms with Crippen molar-refractivity contribution in [2.75, 3.05) is 0 Å². The van der Waals surface area contributed by atoms with Crippen LogP contribution >= 0.6 is 0 Å². The molecule has 0 amide bonds. The highest BCUT2D eigenvalue weighted by atomic mass is 16.4. The van der Waals surface area contributed by atoms with E-state index >= 15 is 0 Å². The summed E-state index contributed by atoms with van der Waals surface area (Å²) in [7, 11) is 0. The second-order valence-corrected chi connectivity index (χ2v) is 19.6. The number of aliphatic imine (C=N–C) groups is 4. The van der Waals surface area contributed by atoms with Gasteiger partial charge in [-0.05, 0) is 51.2 Å². The lowest BCUT2D eigenvalue weighted by molar-refractivity contribution is -0.143. The highest BCUT2D eigenvalue weighted by Crippen LogP contribution is 2.62. The van der Waals surface area contributed by atoms with Gasteiger partial charge in [-0.1, -0.05) is 41.5 Å². The number of rotatable bonds is 18. The van der Waals surface area contributed by atoms with Gasteiger partial charge >= 0.3 is 41.8 Å². The Hall–Kier alpha value is -5.55. The van der Waals surface area contributed by atoms with Crippen LogP contribution in [0.1, 0.15) is 126 Å². The molecule has 344 valence electrons. The number of nitrogens with zero attached hydrogens (tertiary/aromatic N) is 4. The van der Waals surface area contributed by atoms with Gasteiger partial charge in [-0.2, -0.15) is 0 Å². The third-order valence-electron chi connectivity index (χ3n) is 15.4. The predicted molar refractivity (Wildman–Crippen MR) is 228 cm³/mol. The number of carboxylic acids is 7. The van der Waals surface area contributed by atoms with Gasteiger partial charge < -0.3 is 35.7 Å². The first kappa shape index (κ1) is 48.5. The molecule has 0 aliphatic carbocycles. The zero-order chi connectivity index (χ0) is 47.4. The van der Waals surface area contributed by atoms with E-state index in [2.05, 4.69) is 0 Å². The minimum absolute atomic E-state index is 0.0381. The number of hydrogen-bond acceptors (Lipinski definition) is 11. The average molecular weight is 881 g/mol. The lowest BCUT2D eigenvalue weighted by Crippen LogP contribution is -2.55. The first-order valence-electron chi connectivity index (χ1n) is 21.4. The van der Waals surface area contributed by atoms with Crippen molar-refractivity contribution in [3.8, 4) is 0 Å². The maximum atomic E-state index is 13.1. The molecule has 5 aliphatic rings. The fourth-order valence-corrected chi connectivity index (χ4v) is 11.9. The second kappa shape index (κ2) is 17.2. The number of fused-ring (bicyclic) bond motifs is 5. The van der Waals surface area contributed by atoms with E-state index in [9.17, 15) is 69.3 Å².